The van der Waals surface area contributed by atoms with Crippen molar-refractivity contribution in [1.82, 2.24) is 4.90 Å². The molecule has 6 nitrogen and oxygen atoms in total. The number of hydrogen-bond donors (Lipinski definition) is 0. The first-order valence-electron chi connectivity index (χ1n) is 11.2. The lowest BCUT2D eigenvalue weighted by Gasteiger charge is -2.33. The van der Waals surface area contributed by atoms with Crippen LogP contribution in [0.2, 0.25) is 0 Å². The summed E-state index contributed by atoms with van der Waals surface area (Å²) in [4.78, 5) is 30.7. The van der Waals surface area contributed by atoms with Gasteiger partial charge >= 0.3 is 0 Å². The highest BCUT2D eigenvalue weighted by atomic mass is 16.5. The van der Waals surface area contributed by atoms with E-state index in [4.69, 9.17) is 9.47 Å². The number of carbonyl (C=O) groups excluding carboxylic acids is 2. The maximum atomic E-state index is 13.7. The van der Waals surface area contributed by atoms with Crippen LogP contribution in [0.15, 0.2) is 54.2 Å². The van der Waals surface area contributed by atoms with Crippen molar-refractivity contribution in [2.45, 2.75) is 39.7 Å². The molecule has 2 heterocycles. The first-order chi connectivity index (χ1) is 15.4. The summed E-state index contributed by atoms with van der Waals surface area (Å²) in [5.41, 5.74) is 2.17. The Labute approximate surface area is 189 Å². The summed E-state index contributed by atoms with van der Waals surface area (Å²) in [5, 5.41) is 0. The van der Waals surface area contributed by atoms with Crippen LogP contribution < -0.4 is 14.4 Å². The fourth-order valence-corrected chi connectivity index (χ4v) is 4.42. The van der Waals surface area contributed by atoms with Gasteiger partial charge in [0.05, 0.1) is 24.5 Å². The monoisotopic (exact) mass is 434 g/mol. The third-order valence-corrected chi connectivity index (χ3v) is 5.86. The fourth-order valence-electron chi connectivity index (χ4n) is 4.42. The van der Waals surface area contributed by atoms with Crippen LogP contribution in [0.3, 0.4) is 0 Å². The van der Waals surface area contributed by atoms with Crippen LogP contribution in [-0.4, -0.2) is 43.0 Å². The number of hydrogen-bond acceptors (Lipinski definition) is 5. The molecule has 2 aliphatic heterocycles. The van der Waals surface area contributed by atoms with Gasteiger partial charge < -0.3 is 14.4 Å². The van der Waals surface area contributed by atoms with Gasteiger partial charge in [-0.3, -0.25) is 9.59 Å². The number of rotatable bonds is 6. The van der Waals surface area contributed by atoms with Gasteiger partial charge in [0.1, 0.15) is 17.2 Å². The average molecular weight is 435 g/mol. The van der Waals surface area contributed by atoms with Crippen LogP contribution in [0.4, 0.5) is 5.69 Å². The van der Waals surface area contributed by atoms with Crippen molar-refractivity contribution >= 4 is 23.1 Å². The highest BCUT2D eigenvalue weighted by Gasteiger charge is 2.43. The SMILES string of the molecule is COc1cccc(N2C(=O)C(c3ccc(OC(C)C)cc3)=C(N3CCCC(C)C3)C2=O)c1. The molecule has 0 aromatic heterocycles. The van der Waals surface area contributed by atoms with Gasteiger partial charge in [-0.25, -0.2) is 4.90 Å². The zero-order valence-corrected chi connectivity index (χ0v) is 19.1. The lowest BCUT2D eigenvalue weighted by molar-refractivity contribution is -0.120. The molecule has 1 saturated heterocycles. The number of likely N-dealkylation sites (tertiary alicyclic amines) is 1. The van der Waals surface area contributed by atoms with Gasteiger partial charge in [-0.2, -0.15) is 0 Å². The summed E-state index contributed by atoms with van der Waals surface area (Å²) in [6, 6.07) is 14.5. The number of nitrogens with zero attached hydrogens (tertiary/aromatic N) is 2. The van der Waals surface area contributed by atoms with Gasteiger partial charge in [0.2, 0.25) is 0 Å². The van der Waals surface area contributed by atoms with Gasteiger partial charge in [-0.15, -0.1) is 0 Å². The lowest BCUT2D eigenvalue weighted by Crippen LogP contribution is -2.39. The molecule has 0 saturated carbocycles. The Balaban J connectivity index is 1.77. The van der Waals surface area contributed by atoms with Crippen molar-refractivity contribution in [1.29, 1.82) is 0 Å². The summed E-state index contributed by atoms with van der Waals surface area (Å²) >= 11 is 0. The number of methoxy groups -OCH3 is 1. The number of benzene rings is 2. The second-order valence-electron chi connectivity index (χ2n) is 8.76. The summed E-state index contributed by atoms with van der Waals surface area (Å²) in [5.74, 6) is 1.20. The number of anilines is 1. The Morgan fingerprint density at radius 3 is 2.41 bits per heavy atom. The number of imide groups is 1. The van der Waals surface area contributed by atoms with E-state index >= 15 is 0 Å². The predicted octanol–water partition coefficient (Wildman–Crippen LogP) is 4.50. The van der Waals surface area contributed by atoms with Crippen molar-refractivity contribution in [3.05, 3.63) is 59.8 Å². The van der Waals surface area contributed by atoms with Crippen LogP contribution in [0, 0.1) is 5.92 Å². The van der Waals surface area contributed by atoms with E-state index in [2.05, 4.69) is 11.8 Å². The van der Waals surface area contributed by atoms with Crippen LogP contribution in [0.25, 0.3) is 5.57 Å². The maximum absolute atomic E-state index is 13.7. The van der Waals surface area contributed by atoms with E-state index in [1.54, 1.807) is 31.4 Å². The Kier molecular flexibility index (Phi) is 6.21. The van der Waals surface area contributed by atoms with E-state index in [0.717, 1.165) is 37.2 Å². The normalized spacial score (nSPS) is 19.2. The second-order valence-corrected chi connectivity index (χ2v) is 8.76. The van der Waals surface area contributed by atoms with Crippen molar-refractivity contribution in [2.75, 3.05) is 25.1 Å². The highest BCUT2D eigenvalue weighted by Crippen LogP contribution is 2.37. The minimum atomic E-state index is -0.311. The highest BCUT2D eigenvalue weighted by molar-refractivity contribution is 6.45. The molecule has 32 heavy (non-hydrogen) atoms. The molecule has 2 aliphatic rings. The largest absolute Gasteiger partial charge is 0.497 e. The van der Waals surface area contributed by atoms with Gasteiger partial charge in [0, 0.05) is 19.2 Å². The molecule has 2 amide bonds. The summed E-state index contributed by atoms with van der Waals surface area (Å²) in [6.07, 6.45) is 2.19. The van der Waals surface area contributed by atoms with Crippen molar-refractivity contribution in [3.63, 3.8) is 0 Å². The molecule has 0 bridgehead atoms. The summed E-state index contributed by atoms with van der Waals surface area (Å²) in [7, 11) is 1.57. The zero-order chi connectivity index (χ0) is 22.8. The molecule has 1 fully saturated rings. The number of amides is 2. The van der Waals surface area contributed by atoms with E-state index in [1.807, 2.05) is 38.1 Å². The summed E-state index contributed by atoms with van der Waals surface area (Å²) in [6.45, 7) is 7.65. The molecule has 4 rings (SSSR count). The Bertz CT molecular complexity index is 1040. The van der Waals surface area contributed by atoms with E-state index in [1.165, 1.54) is 4.90 Å². The first kappa shape index (κ1) is 21.9. The van der Waals surface area contributed by atoms with Crippen molar-refractivity contribution in [2.24, 2.45) is 5.92 Å². The van der Waals surface area contributed by atoms with Gasteiger partial charge in [-0.1, -0.05) is 25.1 Å². The molecule has 168 valence electrons. The Morgan fingerprint density at radius 1 is 1.00 bits per heavy atom. The quantitative estimate of drug-likeness (QED) is 0.627. The molecule has 0 spiro atoms. The number of piperidine rings is 1. The van der Waals surface area contributed by atoms with E-state index in [9.17, 15) is 9.59 Å². The first-order valence-corrected chi connectivity index (χ1v) is 11.2. The van der Waals surface area contributed by atoms with Gasteiger partial charge in [0.15, 0.2) is 0 Å². The molecule has 2 aromatic carbocycles. The lowest BCUT2D eigenvalue weighted by atomic mass is 9.97. The minimum absolute atomic E-state index is 0.0590. The van der Waals surface area contributed by atoms with Gasteiger partial charge in [0.25, 0.3) is 11.8 Å². The zero-order valence-electron chi connectivity index (χ0n) is 19.1. The minimum Gasteiger partial charge on any atom is -0.497 e. The Hall–Kier alpha value is -3.28. The van der Waals surface area contributed by atoms with Crippen LogP contribution in [-0.2, 0) is 9.59 Å². The van der Waals surface area contributed by atoms with E-state index in [-0.39, 0.29) is 17.9 Å². The maximum Gasteiger partial charge on any atom is 0.282 e. The molecular formula is C26H30N2O4. The number of carbonyl (C=O) groups is 2. The molecule has 0 N–H and O–H groups in total. The molecule has 1 unspecified atom stereocenters. The summed E-state index contributed by atoms with van der Waals surface area (Å²) < 4.78 is 11.1. The molecule has 6 heteroatoms. The molecular weight excluding hydrogens is 404 g/mol. The number of ether oxygens (including phenoxy) is 2. The second kappa shape index (κ2) is 9.07. The van der Waals surface area contributed by atoms with Gasteiger partial charge in [-0.05, 0) is 62.4 Å². The fraction of sp³-hybridized carbons (Fsp3) is 0.385. The van der Waals surface area contributed by atoms with Crippen LogP contribution in [0.1, 0.15) is 39.2 Å². The third kappa shape index (κ3) is 4.22. The van der Waals surface area contributed by atoms with E-state index < -0.39 is 0 Å². The predicted molar refractivity (Wildman–Crippen MR) is 125 cm³/mol. The molecule has 0 radical (unpaired) electrons. The van der Waals surface area contributed by atoms with Crippen molar-refractivity contribution in [3.8, 4) is 11.5 Å². The van der Waals surface area contributed by atoms with Crippen molar-refractivity contribution < 1.29 is 19.1 Å². The van der Waals surface area contributed by atoms with Crippen LogP contribution >= 0.6 is 0 Å². The smallest absolute Gasteiger partial charge is 0.282 e. The average Bonchev–Trinajstić information content (AvgIpc) is 3.04. The van der Waals surface area contributed by atoms with E-state index in [0.29, 0.717) is 28.6 Å². The molecule has 1 atom stereocenters. The standard InChI is InChI=1S/C26H30N2O4/c1-17(2)32-21-12-10-19(11-13-21)23-24(27-14-6-7-18(3)16-27)26(30)28(25(23)29)20-8-5-9-22(15-20)31-4/h5,8-13,15,17-18H,6-7,14,16H2,1-4H3. The topological polar surface area (TPSA) is 59.1 Å². The third-order valence-electron chi connectivity index (χ3n) is 5.86. The Morgan fingerprint density at radius 2 is 1.75 bits per heavy atom. The molecule has 0 aliphatic carbocycles. The molecule has 2 aromatic rings. The van der Waals surface area contributed by atoms with Crippen LogP contribution in [0.5, 0.6) is 11.5 Å².